The topological polar surface area (TPSA) is 64.6 Å². The molecule has 23 heavy (non-hydrogen) atoms. The summed E-state index contributed by atoms with van der Waals surface area (Å²) in [5.41, 5.74) is 1.91. The van der Waals surface area contributed by atoms with Crippen LogP contribution in [0.4, 0.5) is 0 Å². The molecule has 5 nitrogen and oxygen atoms in total. The van der Waals surface area contributed by atoms with Gasteiger partial charge in [0.1, 0.15) is 24.4 Å². The van der Waals surface area contributed by atoms with Gasteiger partial charge in [-0.1, -0.05) is 30.3 Å². The summed E-state index contributed by atoms with van der Waals surface area (Å²) in [4.78, 5) is 23.1. The van der Waals surface area contributed by atoms with Gasteiger partial charge >= 0.3 is 0 Å². The Bertz CT molecular complexity index is 683. The monoisotopic (exact) mass is 313 g/mol. The number of carbonyl (C=O) groups excluding carboxylic acids is 2. The minimum atomic E-state index is -0.275. The number of carbonyl (C=O) groups is 2. The summed E-state index contributed by atoms with van der Waals surface area (Å²) in [7, 11) is 3.07. The molecule has 5 heteroatoms. The number of amides is 1. The first-order chi connectivity index (χ1) is 11.2. The van der Waals surface area contributed by atoms with Gasteiger partial charge in [0.15, 0.2) is 0 Å². The average Bonchev–Trinajstić information content (AvgIpc) is 2.60. The van der Waals surface area contributed by atoms with Crippen molar-refractivity contribution in [1.82, 2.24) is 5.32 Å². The van der Waals surface area contributed by atoms with Crippen molar-refractivity contribution in [3.05, 3.63) is 59.2 Å². The molecule has 0 radical (unpaired) electrons. The minimum Gasteiger partial charge on any atom is -0.496 e. The number of aldehydes is 1. The SMILES string of the molecule is CNC(=O)c1ccc(OC)c(CC=O)c1OCc1ccccc1. The first-order valence-corrected chi connectivity index (χ1v) is 7.23. The van der Waals surface area contributed by atoms with Gasteiger partial charge in [0.2, 0.25) is 0 Å². The van der Waals surface area contributed by atoms with Crippen molar-refractivity contribution in [2.75, 3.05) is 14.2 Å². The fourth-order valence-electron chi connectivity index (χ4n) is 2.29. The van der Waals surface area contributed by atoms with E-state index in [1.54, 1.807) is 19.2 Å². The van der Waals surface area contributed by atoms with Crippen LogP contribution in [0.25, 0.3) is 0 Å². The predicted octanol–water partition coefficient (Wildman–Crippen LogP) is 2.38. The second-order valence-corrected chi connectivity index (χ2v) is 4.85. The van der Waals surface area contributed by atoms with Crippen LogP contribution in [0.1, 0.15) is 21.5 Å². The highest BCUT2D eigenvalue weighted by Gasteiger charge is 2.19. The van der Waals surface area contributed by atoms with Gasteiger partial charge in [0.25, 0.3) is 5.91 Å². The van der Waals surface area contributed by atoms with E-state index >= 15 is 0 Å². The first-order valence-electron chi connectivity index (χ1n) is 7.23. The van der Waals surface area contributed by atoms with Crippen molar-refractivity contribution in [3.63, 3.8) is 0 Å². The molecule has 2 aromatic carbocycles. The Morgan fingerprint density at radius 3 is 2.52 bits per heavy atom. The second-order valence-electron chi connectivity index (χ2n) is 4.85. The van der Waals surface area contributed by atoms with Crippen LogP contribution in [-0.2, 0) is 17.8 Å². The molecule has 0 atom stereocenters. The van der Waals surface area contributed by atoms with Crippen molar-refractivity contribution in [3.8, 4) is 11.5 Å². The van der Waals surface area contributed by atoms with E-state index in [9.17, 15) is 9.59 Å². The molecular weight excluding hydrogens is 294 g/mol. The van der Waals surface area contributed by atoms with E-state index < -0.39 is 0 Å². The third-order valence-corrected chi connectivity index (χ3v) is 3.42. The zero-order chi connectivity index (χ0) is 16.7. The van der Waals surface area contributed by atoms with E-state index in [0.717, 1.165) is 11.8 Å². The Kier molecular flexibility index (Phi) is 5.74. The van der Waals surface area contributed by atoms with Crippen molar-refractivity contribution >= 4 is 12.2 Å². The van der Waals surface area contributed by atoms with E-state index in [0.29, 0.717) is 29.2 Å². The third kappa shape index (κ3) is 3.88. The average molecular weight is 313 g/mol. The summed E-state index contributed by atoms with van der Waals surface area (Å²) in [5.74, 6) is 0.621. The quantitative estimate of drug-likeness (QED) is 0.797. The molecule has 0 heterocycles. The van der Waals surface area contributed by atoms with E-state index in [1.165, 1.54) is 7.11 Å². The second kappa shape index (κ2) is 7.98. The highest BCUT2D eigenvalue weighted by Crippen LogP contribution is 2.33. The first kappa shape index (κ1) is 16.5. The zero-order valence-electron chi connectivity index (χ0n) is 13.2. The molecule has 1 N–H and O–H groups in total. The van der Waals surface area contributed by atoms with E-state index in [4.69, 9.17) is 9.47 Å². The van der Waals surface area contributed by atoms with E-state index in [2.05, 4.69) is 5.32 Å². The zero-order valence-corrected chi connectivity index (χ0v) is 13.2. The van der Waals surface area contributed by atoms with Gasteiger partial charge in [0.05, 0.1) is 12.7 Å². The third-order valence-electron chi connectivity index (χ3n) is 3.42. The molecule has 0 aromatic heterocycles. The number of nitrogens with one attached hydrogen (secondary N) is 1. The summed E-state index contributed by atoms with van der Waals surface area (Å²) >= 11 is 0. The van der Waals surface area contributed by atoms with Crippen molar-refractivity contribution in [1.29, 1.82) is 0 Å². The highest BCUT2D eigenvalue weighted by molar-refractivity contribution is 5.97. The van der Waals surface area contributed by atoms with E-state index in [-0.39, 0.29) is 12.3 Å². The molecule has 0 unspecified atom stereocenters. The van der Waals surface area contributed by atoms with Crippen LogP contribution in [0.15, 0.2) is 42.5 Å². The van der Waals surface area contributed by atoms with Crippen LogP contribution in [0.2, 0.25) is 0 Å². The Balaban J connectivity index is 2.42. The van der Waals surface area contributed by atoms with Crippen LogP contribution in [0.5, 0.6) is 11.5 Å². The Morgan fingerprint density at radius 2 is 1.91 bits per heavy atom. The summed E-state index contributed by atoms with van der Waals surface area (Å²) in [6.45, 7) is 0.295. The summed E-state index contributed by atoms with van der Waals surface area (Å²) in [6.07, 6.45) is 0.874. The Hall–Kier alpha value is -2.82. The number of methoxy groups -OCH3 is 1. The molecule has 0 spiro atoms. The molecule has 0 aliphatic carbocycles. The van der Waals surface area contributed by atoms with Crippen LogP contribution >= 0.6 is 0 Å². The number of hydrogen-bond acceptors (Lipinski definition) is 4. The van der Waals surface area contributed by atoms with Crippen LogP contribution < -0.4 is 14.8 Å². The molecule has 1 amide bonds. The molecule has 0 bridgehead atoms. The molecule has 120 valence electrons. The molecule has 0 saturated carbocycles. The number of rotatable bonds is 7. The smallest absolute Gasteiger partial charge is 0.254 e. The highest BCUT2D eigenvalue weighted by atomic mass is 16.5. The lowest BCUT2D eigenvalue weighted by molar-refractivity contribution is -0.107. The summed E-state index contributed by atoms with van der Waals surface area (Å²) in [5, 5.41) is 2.58. The summed E-state index contributed by atoms with van der Waals surface area (Å²) < 4.78 is 11.2. The lowest BCUT2D eigenvalue weighted by Gasteiger charge is -2.17. The van der Waals surface area contributed by atoms with Gasteiger partial charge in [-0.3, -0.25) is 4.79 Å². The molecule has 2 rings (SSSR count). The molecule has 2 aromatic rings. The fourth-order valence-corrected chi connectivity index (χ4v) is 2.29. The van der Waals surface area contributed by atoms with Gasteiger partial charge < -0.3 is 19.6 Å². The Morgan fingerprint density at radius 1 is 1.17 bits per heavy atom. The van der Waals surface area contributed by atoms with Crippen LogP contribution in [-0.4, -0.2) is 26.4 Å². The van der Waals surface area contributed by atoms with Gasteiger partial charge in [-0.2, -0.15) is 0 Å². The Labute approximate surface area is 135 Å². The maximum absolute atomic E-state index is 12.1. The van der Waals surface area contributed by atoms with Crippen LogP contribution in [0, 0.1) is 0 Å². The number of hydrogen-bond donors (Lipinski definition) is 1. The maximum Gasteiger partial charge on any atom is 0.254 e. The summed E-state index contributed by atoms with van der Waals surface area (Å²) in [6, 6.07) is 12.9. The van der Waals surface area contributed by atoms with Gasteiger partial charge in [-0.05, 0) is 17.7 Å². The fraction of sp³-hybridized carbons (Fsp3) is 0.222. The minimum absolute atomic E-state index is 0.109. The van der Waals surface area contributed by atoms with Crippen molar-refractivity contribution < 1.29 is 19.1 Å². The largest absolute Gasteiger partial charge is 0.496 e. The van der Waals surface area contributed by atoms with Crippen molar-refractivity contribution in [2.45, 2.75) is 13.0 Å². The predicted molar refractivity (Wildman–Crippen MR) is 86.9 cm³/mol. The van der Waals surface area contributed by atoms with E-state index in [1.807, 2.05) is 30.3 Å². The lowest BCUT2D eigenvalue weighted by atomic mass is 10.0. The molecule has 0 aliphatic rings. The van der Waals surface area contributed by atoms with Crippen LogP contribution in [0.3, 0.4) is 0 Å². The van der Waals surface area contributed by atoms with Crippen molar-refractivity contribution in [2.24, 2.45) is 0 Å². The maximum atomic E-state index is 12.1. The molecule has 0 aliphatic heterocycles. The standard InChI is InChI=1S/C18H19NO4/c1-19-18(21)15-8-9-16(22-2)14(10-11-20)17(15)23-12-13-6-4-3-5-7-13/h3-9,11H,10,12H2,1-2H3,(H,19,21). The lowest BCUT2D eigenvalue weighted by Crippen LogP contribution is -2.20. The number of ether oxygens (including phenoxy) is 2. The normalized spacial score (nSPS) is 10.0. The molecule has 0 fully saturated rings. The molecule has 0 saturated heterocycles. The van der Waals surface area contributed by atoms with Gasteiger partial charge in [-0.25, -0.2) is 0 Å². The molecular formula is C18H19NO4. The van der Waals surface area contributed by atoms with Gasteiger partial charge in [0, 0.05) is 19.0 Å². The van der Waals surface area contributed by atoms with Gasteiger partial charge in [-0.15, -0.1) is 0 Å². The number of benzene rings is 2.